The van der Waals surface area contributed by atoms with Crippen LogP contribution in [-0.2, 0) is 9.32 Å². The van der Waals surface area contributed by atoms with Crippen LogP contribution >= 0.6 is 8.81 Å². The van der Waals surface area contributed by atoms with Crippen LogP contribution in [0.1, 0.15) is 117 Å². The molecule has 4 heteroatoms. The molecule has 0 heterocycles. The Balaban J connectivity index is 3.47. The number of unbranched alkanes of at least 4 members (excludes halogenated alkanes) is 12. The molecule has 0 aliphatic rings. The van der Waals surface area contributed by atoms with Crippen molar-refractivity contribution in [1.82, 2.24) is 0 Å². The van der Waals surface area contributed by atoms with Gasteiger partial charge in [-0.15, -0.1) is 5.66 Å². The van der Waals surface area contributed by atoms with Crippen molar-refractivity contribution in [1.29, 1.82) is 0 Å². The summed E-state index contributed by atoms with van der Waals surface area (Å²) in [7, 11) is 7.53. The summed E-state index contributed by atoms with van der Waals surface area (Å²) in [5, 5.41) is 0. The normalized spacial score (nSPS) is 13.4. The molecule has 0 radical (unpaired) electrons. The largest absolute Gasteiger partial charge is 0.553 e. The van der Waals surface area contributed by atoms with E-state index in [-0.39, 0.29) is 0 Å². The van der Waals surface area contributed by atoms with Gasteiger partial charge in [-0.25, -0.2) is 0 Å². The van der Waals surface area contributed by atoms with Gasteiger partial charge in [-0.2, -0.15) is 0 Å². The molecule has 0 N–H and O–H groups in total. The zero-order valence-electron chi connectivity index (χ0n) is 20.5. The highest BCUT2D eigenvalue weighted by molar-refractivity contribution is 7.33. The monoisotopic (exact) mass is 429 g/mol. The summed E-state index contributed by atoms with van der Waals surface area (Å²) in [5.74, 6) is 0.433. The second-order valence-electron chi connectivity index (χ2n) is 9.75. The van der Waals surface area contributed by atoms with Crippen molar-refractivity contribution in [2.24, 2.45) is 0 Å². The molecule has 0 bridgehead atoms. The van der Waals surface area contributed by atoms with Crippen LogP contribution in [0.4, 0.5) is 0 Å². The molecule has 0 amide bonds. The van der Waals surface area contributed by atoms with Gasteiger partial charge in [-0.1, -0.05) is 97.3 Å². The van der Waals surface area contributed by atoms with Crippen LogP contribution in [0.15, 0.2) is 0 Å². The molecule has 0 aliphatic heterocycles. The number of hydrogen-bond donors (Lipinski definition) is 0. The number of hydrogen-bond acceptors (Lipinski definition) is 2. The van der Waals surface area contributed by atoms with Gasteiger partial charge >= 0.3 is 0 Å². The average molecular weight is 430 g/mol. The first-order valence-electron chi connectivity index (χ1n) is 12.5. The predicted octanol–water partition coefficient (Wildman–Crippen LogP) is 7.79. The third kappa shape index (κ3) is 22.5. The molecule has 174 valence electrons. The molecule has 0 fully saturated rings. The minimum Gasteiger partial charge on any atom is -0.553 e. The van der Waals surface area contributed by atoms with E-state index in [1.807, 2.05) is 0 Å². The molecule has 0 aromatic rings. The van der Waals surface area contributed by atoms with E-state index in [1.165, 1.54) is 77.0 Å². The molecule has 0 rings (SSSR count). The Morgan fingerprint density at radius 2 is 1.28 bits per heavy atom. The lowest BCUT2D eigenvalue weighted by atomic mass is 10.0. The third-order valence-corrected chi connectivity index (χ3v) is 6.75. The number of Topliss-reactive ketones (excluding diaryl/α,β-unsaturated/α-hetero) is 1. The first-order chi connectivity index (χ1) is 13.9. The van der Waals surface area contributed by atoms with Crippen molar-refractivity contribution in [3.63, 3.8) is 0 Å². The second kappa shape index (κ2) is 20.0. The standard InChI is InChI=1S/C25H52NO2P/c1-6-8-9-10-11-12-13-14-15-16-17-18-19-20-24(27)23-25(7-2)29-28-22-21-26(3,4)5/h25H,6-23H2,1-5H3. The van der Waals surface area contributed by atoms with Gasteiger partial charge in [0.15, 0.2) is 0 Å². The summed E-state index contributed by atoms with van der Waals surface area (Å²) >= 11 is 0. The summed E-state index contributed by atoms with van der Waals surface area (Å²) in [6.07, 6.45) is 20.1. The summed E-state index contributed by atoms with van der Waals surface area (Å²) in [6, 6.07) is 0. The number of nitrogens with zero attached hydrogens (tertiary/aromatic N) is 1. The van der Waals surface area contributed by atoms with E-state index >= 15 is 0 Å². The van der Waals surface area contributed by atoms with Crippen molar-refractivity contribution in [2.75, 3.05) is 34.3 Å². The fraction of sp³-hybridized carbons (Fsp3) is 0.960. The Morgan fingerprint density at radius 3 is 1.72 bits per heavy atom. The fourth-order valence-electron chi connectivity index (χ4n) is 3.43. The maximum atomic E-state index is 12.2. The SMILES string of the molecule is CCCCCCCCCCCCCCCC(=O)CC(CC)[P-]OCC[N+](C)(C)C. The highest BCUT2D eigenvalue weighted by Crippen LogP contribution is 2.27. The smallest absolute Gasteiger partial charge is 0.130 e. The zero-order valence-corrected chi connectivity index (χ0v) is 21.4. The molecular formula is C25H52NO2P. The summed E-state index contributed by atoms with van der Waals surface area (Å²) in [6.45, 7) is 6.23. The van der Waals surface area contributed by atoms with Crippen LogP contribution in [0.5, 0.6) is 0 Å². The summed E-state index contributed by atoms with van der Waals surface area (Å²) in [4.78, 5) is 12.2. The lowest BCUT2D eigenvalue weighted by molar-refractivity contribution is -0.870. The number of ketones is 1. The molecule has 0 aliphatic carbocycles. The molecule has 0 aromatic heterocycles. The molecule has 29 heavy (non-hydrogen) atoms. The molecular weight excluding hydrogens is 377 g/mol. The summed E-state index contributed by atoms with van der Waals surface area (Å²) < 4.78 is 6.71. The molecule has 1 unspecified atom stereocenters. The Kier molecular flexibility index (Phi) is 20.0. The molecule has 0 saturated carbocycles. The zero-order chi connectivity index (χ0) is 21.8. The molecule has 0 spiro atoms. The highest BCUT2D eigenvalue weighted by Gasteiger charge is 2.07. The molecule has 0 saturated heterocycles. The van der Waals surface area contributed by atoms with E-state index in [2.05, 4.69) is 35.0 Å². The predicted molar refractivity (Wildman–Crippen MR) is 130 cm³/mol. The molecule has 3 nitrogen and oxygen atoms in total. The van der Waals surface area contributed by atoms with Gasteiger partial charge in [-0.3, -0.25) is 4.79 Å². The van der Waals surface area contributed by atoms with Crippen molar-refractivity contribution in [3.8, 4) is 0 Å². The van der Waals surface area contributed by atoms with Crippen LogP contribution in [0, 0.1) is 0 Å². The van der Waals surface area contributed by atoms with E-state index in [1.54, 1.807) is 0 Å². The Morgan fingerprint density at radius 1 is 0.793 bits per heavy atom. The third-order valence-electron chi connectivity index (χ3n) is 5.57. The van der Waals surface area contributed by atoms with Gasteiger partial charge in [0.2, 0.25) is 0 Å². The number of carbonyl (C=O) groups excluding carboxylic acids is 1. The topological polar surface area (TPSA) is 26.3 Å². The minimum atomic E-state index is 0.372. The Bertz CT molecular complexity index is 368. The molecule has 0 aromatic carbocycles. The van der Waals surface area contributed by atoms with E-state index in [9.17, 15) is 4.79 Å². The van der Waals surface area contributed by atoms with Gasteiger partial charge in [0, 0.05) is 6.42 Å². The lowest BCUT2D eigenvalue weighted by Gasteiger charge is -2.31. The van der Waals surface area contributed by atoms with Crippen molar-refractivity contribution >= 4 is 14.6 Å². The highest BCUT2D eigenvalue weighted by atomic mass is 31.1. The van der Waals surface area contributed by atoms with Gasteiger partial charge in [0.1, 0.15) is 5.78 Å². The summed E-state index contributed by atoms with van der Waals surface area (Å²) in [5.41, 5.74) is 0.372. The second-order valence-corrected chi connectivity index (χ2v) is 10.9. The number of carbonyl (C=O) groups is 1. The molecule has 1 atom stereocenters. The minimum absolute atomic E-state index is 0.372. The lowest BCUT2D eigenvalue weighted by Crippen LogP contribution is -2.37. The first kappa shape index (κ1) is 29.0. The van der Waals surface area contributed by atoms with Gasteiger partial charge in [0.05, 0.1) is 34.3 Å². The number of rotatable bonds is 22. The quantitative estimate of drug-likeness (QED) is 0.0997. The van der Waals surface area contributed by atoms with E-state index in [0.29, 0.717) is 17.9 Å². The van der Waals surface area contributed by atoms with Gasteiger partial charge < -0.3 is 17.8 Å². The van der Waals surface area contributed by atoms with Crippen LogP contribution < -0.4 is 0 Å². The van der Waals surface area contributed by atoms with Crippen molar-refractivity contribution in [3.05, 3.63) is 0 Å². The van der Waals surface area contributed by atoms with E-state index < -0.39 is 0 Å². The van der Waals surface area contributed by atoms with Crippen molar-refractivity contribution < 1.29 is 13.8 Å². The first-order valence-corrected chi connectivity index (χ1v) is 13.4. The van der Waals surface area contributed by atoms with E-state index in [4.69, 9.17) is 4.52 Å². The van der Waals surface area contributed by atoms with Gasteiger partial charge in [0.25, 0.3) is 0 Å². The van der Waals surface area contributed by atoms with E-state index in [0.717, 1.165) is 45.7 Å². The average Bonchev–Trinajstić information content (AvgIpc) is 2.67. The Labute approximate surface area is 185 Å². The Hall–Kier alpha value is 0.0200. The number of quaternary nitrogens is 1. The fourth-order valence-corrected chi connectivity index (χ4v) is 4.26. The van der Waals surface area contributed by atoms with Crippen LogP contribution in [-0.4, -0.2) is 50.2 Å². The number of likely N-dealkylation sites (N-methyl/N-ethyl adjacent to an activating group) is 1. The van der Waals surface area contributed by atoms with Gasteiger partial charge in [-0.05, 0) is 12.8 Å². The van der Waals surface area contributed by atoms with Crippen LogP contribution in [0.2, 0.25) is 0 Å². The van der Waals surface area contributed by atoms with Crippen molar-refractivity contribution in [2.45, 2.75) is 122 Å². The maximum Gasteiger partial charge on any atom is 0.130 e. The van der Waals surface area contributed by atoms with Crippen LogP contribution in [0.25, 0.3) is 0 Å². The maximum absolute atomic E-state index is 12.2. The van der Waals surface area contributed by atoms with Crippen LogP contribution in [0.3, 0.4) is 0 Å².